The third-order valence-corrected chi connectivity index (χ3v) is 1.85. The molecule has 1 aliphatic carbocycles. The van der Waals surface area contributed by atoms with Gasteiger partial charge in [0.15, 0.2) is 0 Å². The largest absolute Gasteiger partial charge is 0.337 e. The van der Waals surface area contributed by atoms with E-state index in [2.05, 4.69) is 11.4 Å². The summed E-state index contributed by atoms with van der Waals surface area (Å²) in [7, 11) is 0. The number of hydrogen-bond donors (Lipinski definition) is 1. The number of nitrogens with one attached hydrogen (secondary N) is 1. The van der Waals surface area contributed by atoms with E-state index in [-0.39, 0.29) is 11.9 Å². The maximum absolute atomic E-state index is 11.0. The monoisotopic (exact) mass is 164 g/mol. The molecule has 1 saturated carbocycles. The summed E-state index contributed by atoms with van der Waals surface area (Å²) in [6.45, 7) is 1.78. The summed E-state index contributed by atoms with van der Waals surface area (Å²) in [5.74, 6) is 0.222. The van der Waals surface area contributed by atoms with E-state index in [1.807, 2.05) is 0 Å². The maximum Gasteiger partial charge on any atom is 0.244 e. The van der Waals surface area contributed by atoms with Crippen molar-refractivity contribution < 1.29 is 4.79 Å². The molecule has 3 heteroatoms. The van der Waals surface area contributed by atoms with Gasteiger partial charge in [0.2, 0.25) is 5.91 Å². The van der Waals surface area contributed by atoms with E-state index < -0.39 is 0 Å². The zero-order valence-electron chi connectivity index (χ0n) is 7.08. The van der Waals surface area contributed by atoms with Crippen molar-refractivity contribution >= 4 is 5.91 Å². The first kappa shape index (κ1) is 8.79. The lowest BCUT2D eigenvalue weighted by molar-refractivity contribution is -0.117. The molecular weight excluding hydrogens is 152 g/mol. The topological polar surface area (TPSA) is 52.9 Å². The third kappa shape index (κ3) is 2.39. The first-order chi connectivity index (χ1) is 5.77. The van der Waals surface area contributed by atoms with Crippen molar-refractivity contribution in [2.75, 3.05) is 0 Å². The Labute approximate surface area is 72.1 Å². The first-order valence-electron chi connectivity index (χ1n) is 4.10. The van der Waals surface area contributed by atoms with Gasteiger partial charge in [0.1, 0.15) is 6.04 Å². The normalized spacial score (nSPS) is 18.7. The van der Waals surface area contributed by atoms with E-state index in [0.29, 0.717) is 5.92 Å². The number of allylic oxidation sites excluding steroid dienone is 1. The van der Waals surface area contributed by atoms with E-state index in [0.717, 1.165) is 12.8 Å². The highest BCUT2D eigenvalue weighted by molar-refractivity contribution is 5.87. The Bertz CT molecular complexity index is 235. The second kappa shape index (κ2) is 3.91. The van der Waals surface area contributed by atoms with Crippen LogP contribution in [0.2, 0.25) is 0 Å². The van der Waals surface area contributed by atoms with Gasteiger partial charge in [0.25, 0.3) is 0 Å². The van der Waals surface area contributed by atoms with E-state index in [1.54, 1.807) is 13.0 Å². The quantitative estimate of drug-likeness (QED) is 0.632. The van der Waals surface area contributed by atoms with Gasteiger partial charge in [0, 0.05) is 0 Å². The molecule has 0 aromatic carbocycles. The summed E-state index contributed by atoms with van der Waals surface area (Å²) < 4.78 is 0. The molecule has 0 heterocycles. The Morgan fingerprint density at radius 2 is 2.42 bits per heavy atom. The SMILES string of the molecule is C/C=C/C(=O)NC(C#N)C1CC1. The van der Waals surface area contributed by atoms with Crippen LogP contribution in [0.5, 0.6) is 0 Å². The van der Waals surface area contributed by atoms with Crippen LogP contribution in [0.15, 0.2) is 12.2 Å². The average molecular weight is 164 g/mol. The molecule has 1 aliphatic rings. The summed E-state index contributed by atoms with van der Waals surface area (Å²) in [4.78, 5) is 11.0. The molecule has 0 bridgehead atoms. The van der Waals surface area contributed by atoms with Gasteiger partial charge in [-0.3, -0.25) is 4.79 Å². The van der Waals surface area contributed by atoms with Crippen molar-refractivity contribution in [1.82, 2.24) is 5.32 Å². The van der Waals surface area contributed by atoms with Crippen LogP contribution >= 0.6 is 0 Å². The molecule has 1 N–H and O–H groups in total. The molecule has 1 rings (SSSR count). The van der Waals surface area contributed by atoms with E-state index >= 15 is 0 Å². The molecule has 0 aromatic heterocycles. The van der Waals surface area contributed by atoms with Crippen LogP contribution < -0.4 is 5.32 Å². The zero-order valence-corrected chi connectivity index (χ0v) is 7.08. The Balaban J connectivity index is 2.37. The Morgan fingerprint density at radius 1 is 1.75 bits per heavy atom. The Morgan fingerprint density at radius 3 is 2.83 bits per heavy atom. The smallest absolute Gasteiger partial charge is 0.244 e. The van der Waals surface area contributed by atoms with Crippen LogP contribution in [-0.4, -0.2) is 11.9 Å². The number of hydrogen-bond acceptors (Lipinski definition) is 2. The summed E-state index contributed by atoms with van der Waals surface area (Å²) in [6, 6.07) is 1.80. The van der Waals surface area contributed by atoms with Gasteiger partial charge in [-0.15, -0.1) is 0 Å². The number of carbonyl (C=O) groups excluding carboxylic acids is 1. The lowest BCUT2D eigenvalue weighted by atomic mass is 10.2. The van der Waals surface area contributed by atoms with Crippen molar-refractivity contribution in [3.05, 3.63) is 12.2 Å². The van der Waals surface area contributed by atoms with Gasteiger partial charge >= 0.3 is 0 Å². The van der Waals surface area contributed by atoms with Crippen LogP contribution in [0.4, 0.5) is 0 Å². The minimum Gasteiger partial charge on any atom is -0.337 e. The van der Waals surface area contributed by atoms with Gasteiger partial charge < -0.3 is 5.32 Å². The fraction of sp³-hybridized carbons (Fsp3) is 0.556. The highest BCUT2D eigenvalue weighted by atomic mass is 16.1. The van der Waals surface area contributed by atoms with E-state index in [4.69, 9.17) is 5.26 Å². The Hall–Kier alpha value is -1.30. The molecule has 1 atom stereocenters. The minimum atomic E-state index is -0.284. The summed E-state index contributed by atoms with van der Waals surface area (Å²) in [5, 5.41) is 11.3. The van der Waals surface area contributed by atoms with Gasteiger partial charge in [-0.25, -0.2) is 0 Å². The standard InChI is InChI=1S/C9H12N2O/c1-2-3-9(12)11-8(6-10)7-4-5-7/h2-3,7-8H,4-5H2,1H3,(H,11,12)/b3-2+. The number of rotatable bonds is 3. The highest BCUT2D eigenvalue weighted by Crippen LogP contribution is 2.32. The molecular formula is C9H12N2O. The number of nitriles is 1. The van der Waals surface area contributed by atoms with Crippen molar-refractivity contribution in [3.8, 4) is 6.07 Å². The van der Waals surface area contributed by atoms with E-state index in [1.165, 1.54) is 6.08 Å². The molecule has 64 valence electrons. The summed E-state index contributed by atoms with van der Waals surface area (Å²) in [6.07, 6.45) is 5.23. The van der Waals surface area contributed by atoms with Crippen LogP contribution in [0, 0.1) is 17.2 Å². The molecule has 0 aliphatic heterocycles. The minimum absolute atomic E-state index is 0.170. The van der Waals surface area contributed by atoms with Crippen LogP contribution in [-0.2, 0) is 4.79 Å². The molecule has 0 radical (unpaired) electrons. The van der Waals surface area contributed by atoms with Gasteiger partial charge in [-0.05, 0) is 31.8 Å². The predicted molar refractivity (Wildman–Crippen MR) is 45.1 cm³/mol. The highest BCUT2D eigenvalue weighted by Gasteiger charge is 2.31. The molecule has 12 heavy (non-hydrogen) atoms. The second-order valence-electron chi connectivity index (χ2n) is 2.95. The predicted octanol–water partition coefficient (Wildman–Crippen LogP) is 0.981. The van der Waals surface area contributed by atoms with Crippen molar-refractivity contribution in [2.45, 2.75) is 25.8 Å². The molecule has 1 fully saturated rings. The third-order valence-electron chi connectivity index (χ3n) is 1.85. The van der Waals surface area contributed by atoms with Gasteiger partial charge in [-0.1, -0.05) is 6.08 Å². The first-order valence-corrected chi connectivity index (χ1v) is 4.10. The van der Waals surface area contributed by atoms with Crippen molar-refractivity contribution in [2.24, 2.45) is 5.92 Å². The van der Waals surface area contributed by atoms with Crippen LogP contribution in [0.1, 0.15) is 19.8 Å². The molecule has 1 amide bonds. The molecule has 3 nitrogen and oxygen atoms in total. The summed E-state index contributed by atoms with van der Waals surface area (Å²) in [5.41, 5.74) is 0. The fourth-order valence-electron chi connectivity index (χ4n) is 1.04. The van der Waals surface area contributed by atoms with Gasteiger partial charge in [0.05, 0.1) is 6.07 Å². The molecule has 0 spiro atoms. The van der Waals surface area contributed by atoms with Crippen LogP contribution in [0.3, 0.4) is 0 Å². The van der Waals surface area contributed by atoms with Crippen molar-refractivity contribution in [3.63, 3.8) is 0 Å². The second-order valence-corrected chi connectivity index (χ2v) is 2.95. The van der Waals surface area contributed by atoms with Crippen molar-refractivity contribution in [1.29, 1.82) is 5.26 Å². The lowest BCUT2D eigenvalue weighted by Gasteiger charge is -2.06. The number of amides is 1. The zero-order chi connectivity index (χ0) is 8.97. The average Bonchev–Trinajstić information content (AvgIpc) is 2.83. The van der Waals surface area contributed by atoms with Crippen LogP contribution in [0.25, 0.3) is 0 Å². The number of nitrogens with zero attached hydrogens (tertiary/aromatic N) is 1. The molecule has 0 aromatic rings. The van der Waals surface area contributed by atoms with Gasteiger partial charge in [-0.2, -0.15) is 5.26 Å². The molecule has 0 saturated heterocycles. The summed E-state index contributed by atoms with van der Waals surface area (Å²) >= 11 is 0. The maximum atomic E-state index is 11.0. The fourth-order valence-corrected chi connectivity index (χ4v) is 1.04. The number of carbonyl (C=O) groups is 1. The lowest BCUT2D eigenvalue weighted by Crippen LogP contribution is -2.33. The molecule has 1 unspecified atom stereocenters. The Kier molecular flexibility index (Phi) is 2.87. The van der Waals surface area contributed by atoms with E-state index in [9.17, 15) is 4.79 Å².